The Balaban J connectivity index is 0.00000364. The number of hydrogen-bond donors (Lipinski definition) is 1. The summed E-state index contributed by atoms with van der Waals surface area (Å²) >= 11 is 0. The number of benzene rings is 2. The van der Waals surface area contributed by atoms with E-state index in [2.05, 4.69) is 6.92 Å². The second-order valence-electron chi connectivity index (χ2n) is 5.78. The SMILES string of the molecule is [CH2-]C(O)COc1ccc(Cc2ccc(OCC(F)(F)C(F)F)cc2)cc1.[W]. The molecule has 1 unspecified atom stereocenters. The average molecular weight is 555 g/mol. The van der Waals surface area contributed by atoms with Gasteiger partial charge < -0.3 is 21.5 Å². The second kappa shape index (κ2) is 10.7. The first-order chi connectivity index (χ1) is 12.3. The van der Waals surface area contributed by atoms with E-state index in [1.165, 1.54) is 12.1 Å². The third-order valence-corrected chi connectivity index (χ3v) is 3.45. The van der Waals surface area contributed by atoms with Gasteiger partial charge in [-0.1, -0.05) is 24.3 Å². The fraction of sp³-hybridized carbons (Fsp3) is 0.316. The van der Waals surface area contributed by atoms with Gasteiger partial charge in [-0.2, -0.15) is 8.78 Å². The van der Waals surface area contributed by atoms with Crippen molar-refractivity contribution < 1.29 is 53.2 Å². The fourth-order valence-corrected chi connectivity index (χ4v) is 2.08. The molecular weight excluding hydrogens is 536 g/mol. The number of aliphatic hydroxyl groups excluding tert-OH is 1. The maximum absolute atomic E-state index is 12.8. The van der Waals surface area contributed by atoms with Crippen LogP contribution in [0.4, 0.5) is 17.6 Å². The number of alkyl halides is 4. The number of aliphatic hydroxyl groups is 1. The van der Waals surface area contributed by atoms with Crippen LogP contribution >= 0.6 is 0 Å². The molecule has 0 aliphatic rings. The Kier molecular flexibility index (Phi) is 9.26. The molecule has 3 nitrogen and oxygen atoms in total. The predicted octanol–water partition coefficient (Wildman–Crippen LogP) is 4.13. The molecule has 0 saturated heterocycles. The van der Waals surface area contributed by atoms with Crippen LogP contribution in [-0.4, -0.2) is 36.8 Å². The first kappa shape index (κ1) is 23.4. The van der Waals surface area contributed by atoms with Crippen LogP contribution in [0.25, 0.3) is 0 Å². The van der Waals surface area contributed by atoms with Crippen LogP contribution in [0, 0.1) is 6.92 Å². The minimum absolute atomic E-state index is 0. The fourth-order valence-electron chi connectivity index (χ4n) is 2.08. The van der Waals surface area contributed by atoms with Crippen molar-refractivity contribution in [3.63, 3.8) is 0 Å². The largest absolute Gasteiger partial charge is 0.494 e. The van der Waals surface area contributed by atoms with Gasteiger partial charge in [0.15, 0.2) is 6.61 Å². The van der Waals surface area contributed by atoms with Crippen molar-refractivity contribution in [2.75, 3.05) is 13.2 Å². The molecule has 0 aromatic heterocycles. The Hall–Kier alpha value is -1.59. The van der Waals surface area contributed by atoms with Gasteiger partial charge in [0.25, 0.3) is 0 Å². The van der Waals surface area contributed by atoms with Crippen molar-refractivity contribution in [1.29, 1.82) is 0 Å². The number of rotatable bonds is 9. The molecule has 0 amide bonds. The molecule has 0 fully saturated rings. The smallest absolute Gasteiger partial charge is 0.340 e. The summed E-state index contributed by atoms with van der Waals surface area (Å²) in [6.07, 6.45) is -3.97. The molecule has 0 aliphatic heterocycles. The van der Waals surface area contributed by atoms with E-state index in [1.54, 1.807) is 24.3 Å². The minimum atomic E-state index is -4.17. The van der Waals surface area contributed by atoms with E-state index in [4.69, 9.17) is 14.6 Å². The summed E-state index contributed by atoms with van der Waals surface area (Å²) < 4.78 is 59.9. The van der Waals surface area contributed by atoms with Gasteiger partial charge in [-0.15, -0.1) is 0 Å². The zero-order valence-corrected chi connectivity index (χ0v) is 17.2. The maximum atomic E-state index is 12.8. The maximum Gasteiger partial charge on any atom is 0.340 e. The van der Waals surface area contributed by atoms with Gasteiger partial charge in [0.2, 0.25) is 0 Å². The first-order valence-corrected chi connectivity index (χ1v) is 7.87. The summed E-state index contributed by atoms with van der Waals surface area (Å²) in [4.78, 5) is 0. The molecule has 0 aliphatic carbocycles. The zero-order valence-electron chi connectivity index (χ0n) is 14.3. The van der Waals surface area contributed by atoms with E-state index in [0.717, 1.165) is 11.1 Å². The van der Waals surface area contributed by atoms with Gasteiger partial charge in [-0.3, -0.25) is 0 Å². The van der Waals surface area contributed by atoms with Crippen molar-refractivity contribution in [2.45, 2.75) is 24.9 Å². The van der Waals surface area contributed by atoms with E-state index in [0.29, 0.717) is 12.2 Å². The quantitative estimate of drug-likeness (QED) is 0.374. The molecule has 2 aromatic rings. The molecule has 148 valence electrons. The molecule has 0 saturated carbocycles. The van der Waals surface area contributed by atoms with Crippen molar-refractivity contribution in [3.05, 3.63) is 66.6 Å². The predicted molar refractivity (Wildman–Crippen MR) is 89.0 cm³/mol. The third kappa shape index (κ3) is 7.89. The van der Waals surface area contributed by atoms with E-state index >= 15 is 0 Å². The summed E-state index contributed by atoms with van der Waals surface area (Å²) in [6, 6.07) is 13.5. The summed E-state index contributed by atoms with van der Waals surface area (Å²) in [5.41, 5.74) is 1.89. The van der Waals surface area contributed by atoms with Gasteiger partial charge in [0.1, 0.15) is 11.5 Å². The Morgan fingerprint density at radius 2 is 1.33 bits per heavy atom. The topological polar surface area (TPSA) is 38.7 Å². The van der Waals surface area contributed by atoms with Crippen molar-refractivity contribution in [2.24, 2.45) is 0 Å². The van der Waals surface area contributed by atoms with Crippen molar-refractivity contribution >= 4 is 0 Å². The molecule has 1 N–H and O–H groups in total. The molecular formula is C19H19F4O3W-. The molecule has 0 spiro atoms. The number of hydrogen-bond acceptors (Lipinski definition) is 3. The second-order valence-corrected chi connectivity index (χ2v) is 5.78. The summed E-state index contributed by atoms with van der Waals surface area (Å²) in [5.74, 6) is -3.46. The van der Waals surface area contributed by atoms with Crippen LogP contribution < -0.4 is 9.47 Å². The van der Waals surface area contributed by atoms with Gasteiger partial charge in [-0.05, 0) is 47.9 Å². The van der Waals surface area contributed by atoms with Crippen molar-refractivity contribution in [1.82, 2.24) is 0 Å². The van der Waals surface area contributed by atoms with Crippen LogP contribution in [0.5, 0.6) is 11.5 Å². The molecule has 2 aromatic carbocycles. The molecule has 27 heavy (non-hydrogen) atoms. The van der Waals surface area contributed by atoms with Crippen LogP contribution in [-0.2, 0) is 27.5 Å². The molecule has 2 rings (SSSR count). The van der Waals surface area contributed by atoms with Crippen molar-refractivity contribution in [3.8, 4) is 11.5 Å². The van der Waals surface area contributed by atoms with E-state index in [-0.39, 0.29) is 33.4 Å². The Labute approximate surface area is 169 Å². The molecule has 0 bridgehead atoms. The Bertz CT molecular complexity index is 676. The minimum Gasteiger partial charge on any atom is -0.494 e. The summed E-state index contributed by atoms with van der Waals surface area (Å²) in [6.45, 7) is 2.15. The van der Waals surface area contributed by atoms with Crippen LogP contribution in [0.15, 0.2) is 48.5 Å². The van der Waals surface area contributed by atoms with E-state index < -0.39 is 25.1 Å². The van der Waals surface area contributed by atoms with Gasteiger partial charge in [0, 0.05) is 21.1 Å². The summed E-state index contributed by atoms with van der Waals surface area (Å²) in [7, 11) is 0. The molecule has 8 heteroatoms. The molecule has 0 heterocycles. The average Bonchev–Trinajstić information content (AvgIpc) is 2.60. The zero-order chi connectivity index (χ0) is 19.2. The van der Waals surface area contributed by atoms with E-state index in [9.17, 15) is 17.6 Å². The summed E-state index contributed by atoms with van der Waals surface area (Å²) in [5, 5.41) is 9.07. The number of ether oxygens (including phenoxy) is 2. The monoisotopic (exact) mass is 555 g/mol. The standard InChI is InChI=1S/C19H19F4O3.W/c1-13(24)11-25-16-6-2-14(3-7-16)10-15-4-8-17(9-5-15)26-12-19(22,23)18(20)21;/h2-9,13,18,24H,1,10-12H2;/q-1;. The number of halogens is 4. The molecule has 1 atom stereocenters. The molecule has 0 radical (unpaired) electrons. The van der Waals surface area contributed by atoms with Crippen LogP contribution in [0.2, 0.25) is 0 Å². The van der Waals surface area contributed by atoms with E-state index in [1.807, 2.05) is 12.1 Å². The van der Waals surface area contributed by atoms with Gasteiger partial charge in [0.05, 0.1) is 6.61 Å². The van der Waals surface area contributed by atoms with Gasteiger partial charge in [-0.25, -0.2) is 8.78 Å². The van der Waals surface area contributed by atoms with Crippen LogP contribution in [0.1, 0.15) is 11.1 Å². The third-order valence-electron chi connectivity index (χ3n) is 3.45. The normalized spacial score (nSPS) is 12.4. The van der Waals surface area contributed by atoms with Crippen LogP contribution in [0.3, 0.4) is 0 Å². The Morgan fingerprint density at radius 3 is 1.74 bits per heavy atom. The van der Waals surface area contributed by atoms with Gasteiger partial charge >= 0.3 is 12.3 Å². The Morgan fingerprint density at radius 1 is 0.889 bits per heavy atom. The first-order valence-electron chi connectivity index (χ1n) is 7.87.